The van der Waals surface area contributed by atoms with E-state index in [1.165, 1.54) is 6.42 Å². The van der Waals surface area contributed by atoms with Gasteiger partial charge in [0.1, 0.15) is 5.58 Å². The quantitative estimate of drug-likeness (QED) is 0.495. The van der Waals surface area contributed by atoms with E-state index in [2.05, 4.69) is 31.1 Å². The number of carbonyl (C=O) groups is 1. The summed E-state index contributed by atoms with van der Waals surface area (Å²) in [5, 5.41) is 18.6. The highest BCUT2D eigenvalue weighted by molar-refractivity contribution is 6.34. The van der Waals surface area contributed by atoms with E-state index in [1.54, 1.807) is 0 Å². The third-order valence-electron chi connectivity index (χ3n) is 7.95. The lowest BCUT2D eigenvalue weighted by molar-refractivity contribution is 0.0146. The molecule has 1 unspecified atom stereocenters. The highest BCUT2D eigenvalue weighted by Gasteiger charge is 2.43. The molecule has 3 N–H and O–H groups in total. The maximum Gasteiger partial charge on any atom is 0.289 e. The molecule has 1 aromatic carbocycles. The van der Waals surface area contributed by atoms with Crippen LogP contribution in [0.3, 0.4) is 0 Å². The number of amides is 1. The third-order valence-corrected chi connectivity index (χ3v) is 8.24. The van der Waals surface area contributed by atoms with Gasteiger partial charge in [-0.05, 0) is 50.2 Å². The molecule has 6 nitrogen and oxygen atoms in total. The summed E-state index contributed by atoms with van der Waals surface area (Å²) in [7, 11) is 0. The first kappa shape index (κ1) is 23.6. The summed E-state index contributed by atoms with van der Waals surface area (Å²) in [6, 6.07) is 3.71. The van der Waals surface area contributed by atoms with Crippen molar-refractivity contribution in [2.75, 3.05) is 25.0 Å². The molecule has 1 atom stereocenters. The Hall–Kier alpha value is -2.18. The molecular weight excluding hydrogens is 450 g/mol. The second kappa shape index (κ2) is 8.80. The molecule has 2 aromatic rings. The average Bonchev–Trinajstić information content (AvgIpc) is 3.22. The van der Waals surface area contributed by atoms with Crippen LogP contribution >= 0.6 is 11.6 Å². The molecule has 0 radical (unpaired) electrons. The van der Waals surface area contributed by atoms with Gasteiger partial charge in [-0.1, -0.05) is 51.3 Å². The predicted octanol–water partition coefficient (Wildman–Crippen LogP) is 5.99. The number of anilines is 1. The molecule has 1 saturated carbocycles. The summed E-state index contributed by atoms with van der Waals surface area (Å²) in [6.45, 7) is 9.81. The summed E-state index contributed by atoms with van der Waals surface area (Å²) < 4.78 is 6.36. The number of nitrogens with zero attached hydrogens (tertiary/aromatic N) is 1. The Morgan fingerprint density at radius 1 is 1.24 bits per heavy atom. The molecule has 1 amide bonds. The minimum Gasteiger partial charge on any atom is -0.450 e. The fourth-order valence-electron chi connectivity index (χ4n) is 6.66. The number of aliphatic hydroxyl groups excluding tert-OH is 1. The Labute approximate surface area is 206 Å². The number of benzene rings is 1. The van der Waals surface area contributed by atoms with Gasteiger partial charge in [0.05, 0.1) is 28.7 Å². The van der Waals surface area contributed by atoms with E-state index in [0.717, 1.165) is 73.0 Å². The van der Waals surface area contributed by atoms with Gasteiger partial charge in [-0.3, -0.25) is 4.79 Å². The van der Waals surface area contributed by atoms with Gasteiger partial charge in [-0.15, -0.1) is 0 Å². The van der Waals surface area contributed by atoms with Crippen molar-refractivity contribution in [2.45, 2.75) is 70.8 Å². The second-order valence-electron chi connectivity index (χ2n) is 11.1. The molecule has 1 aliphatic carbocycles. The predicted molar refractivity (Wildman–Crippen MR) is 136 cm³/mol. The van der Waals surface area contributed by atoms with Crippen molar-refractivity contribution >= 4 is 34.2 Å². The molecule has 2 fully saturated rings. The van der Waals surface area contributed by atoms with Crippen LogP contribution in [0, 0.1) is 11.3 Å². The van der Waals surface area contributed by atoms with Crippen molar-refractivity contribution in [3.05, 3.63) is 40.9 Å². The van der Waals surface area contributed by atoms with Crippen LogP contribution < -0.4 is 10.6 Å². The van der Waals surface area contributed by atoms with Gasteiger partial charge in [0.25, 0.3) is 5.91 Å². The number of hydrogen-bond donors (Lipinski definition) is 3. The molecule has 2 aliphatic heterocycles. The Balaban J connectivity index is 1.53. The number of aliphatic hydroxyl groups is 1. The molecule has 1 saturated heterocycles. The Kier molecular flexibility index (Phi) is 6.09. The van der Waals surface area contributed by atoms with Gasteiger partial charge in [0.15, 0.2) is 5.76 Å². The van der Waals surface area contributed by atoms with E-state index in [1.807, 2.05) is 17.0 Å². The zero-order valence-electron chi connectivity index (χ0n) is 20.3. The van der Waals surface area contributed by atoms with Crippen molar-refractivity contribution in [3.63, 3.8) is 0 Å². The fraction of sp³-hybridized carbons (Fsp3) is 0.593. The minimum atomic E-state index is -0.286. The second-order valence-corrected chi connectivity index (χ2v) is 11.5. The first-order valence-corrected chi connectivity index (χ1v) is 13.0. The lowest BCUT2D eigenvalue weighted by Gasteiger charge is -2.44. The summed E-state index contributed by atoms with van der Waals surface area (Å²) in [4.78, 5) is 15.5. The van der Waals surface area contributed by atoms with Gasteiger partial charge >= 0.3 is 0 Å². The Morgan fingerprint density at radius 3 is 2.71 bits per heavy atom. The number of likely N-dealkylation sites (tertiary alicyclic amines) is 1. The van der Waals surface area contributed by atoms with Gasteiger partial charge < -0.3 is 25.1 Å². The number of nitrogens with one attached hydrogen (secondary N) is 2. The number of furan rings is 1. The third kappa shape index (κ3) is 3.99. The SMILES string of the molecule is C=C1Nc2c(Cl)cc3cc(C(=O)N4CCCC(CO)(CC(C)C)C4)oc3c2C2(CCCCC2)N1. The maximum absolute atomic E-state index is 13.6. The Morgan fingerprint density at radius 2 is 2.00 bits per heavy atom. The molecule has 1 aromatic heterocycles. The van der Waals surface area contributed by atoms with Crippen molar-refractivity contribution in [3.8, 4) is 0 Å². The smallest absolute Gasteiger partial charge is 0.289 e. The van der Waals surface area contributed by atoms with Crippen LogP contribution in [-0.4, -0.2) is 35.6 Å². The summed E-state index contributed by atoms with van der Waals surface area (Å²) in [6.07, 6.45) is 8.13. The van der Waals surface area contributed by atoms with Crippen molar-refractivity contribution in [1.82, 2.24) is 10.2 Å². The van der Waals surface area contributed by atoms with E-state index < -0.39 is 0 Å². The number of piperidine rings is 1. The van der Waals surface area contributed by atoms with Crippen LogP contribution in [0.5, 0.6) is 0 Å². The first-order chi connectivity index (χ1) is 16.3. The summed E-state index contributed by atoms with van der Waals surface area (Å²) >= 11 is 6.73. The minimum absolute atomic E-state index is 0.0992. The van der Waals surface area contributed by atoms with E-state index in [0.29, 0.717) is 29.8 Å². The topological polar surface area (TPSA) is 77.7 Å². The van der Waals surface area contributed by atoms with E-state index >= 15 is 0 Å². The van der Waals surface area contributed by atoms with Crippen LogP contribution in [0.4, 0.5) is 5.69 Å². The van der Waals surface area contributed by atoms with Crippen LogP contribution in [0.2, 0.25) is 5.02 Å². The number of carbonyl (C=O) groups excluding carboxylic acids is 1. The lowest BCUT2D eigenvalue weighted by Crippen LogP contribution is -2.48. The van der Waals surface area contributed by atoms with E-state index in [9.17, 15) is 9.90 Å². The molecular formula is C27H36ClN3O3. The highest BCUT2D eigenvalue weighted by atomic mass is 35.5. The highest BCUT2D eigenvalue weighted by Crippen LogP contribution is 2.50. The first-order valence-electron chi connectivity index (χ1n) is 12.7. The lowest BCUT2D eigenvalue weighted by atomic mass is 9.74. The maximum atomic E-state index is 13.6. The summed E-state index contributed by atoms with van der Waals surface area (Å²) in [5.41, 5.74) is 2.05. The van der Waals surface area contributed by atoms with Crippen LogP contribution in [-0.2, 0) is 5.54 Å². The number of halogens is 1. The van der Waals surface area contributed by atoms with Crippen molar-refractivity contribution in [1.29, 1.82) is 0 Å². The molecule has 7 heteroatoms. The average molecular weight is 486 g/mol. The van der Waals surface area contributed by atoms with Gasteiger partial charge in [-0.25, -0.2) is 0 Å². The molecule has 5 rings (SSSR count). The standard InChI is InChI=1S/C27H36ClN3O3/c1-17(2)14-26(16-32)8-7-11-31(15-26)25(33)21-13-19-12-20(28)23-22(24(19)34-21)27(30-18(3)29-23)9-5-4-6-10-27/h12-13,17,29-30,32H,3-11,14-16H2,1-2H3. The van der Waals surface area contributed by atoms with Crippen molar-refractivity contribution in [2.24, 2.45) is 11.3 Å². The van der Waals surface area contributed by atoms with Gasteiger partial charge in [-0.2, -0.15) is 0 Å². The van der Waals surface area contributed by atoms with Gasteiger partial charge in [0.2, 0.25) is 0 Å². The fourth-order valence-corrected chi connectivity index (χ4v) is 6.92. The Bertz CT molecular complexity index is 1120. The molecule has 3 aliphatic rings. The molecule has 3 heterocycles. The largest absolute Gasteiger partial charge is 0.450 e. The molecule has 34 heavy (non-hydrogen) atoms. The van der Waals surface area contributed by atoms with Gasteiger partial charge in [0, 0.05) is 29.5 Å². The summed E-state index contributed by atoms with van der Waals surface area (Å²) in [5.74, 6) is 1.44. The molecule has 0 bridgehead atoms. The van der Waals surface area contributed by atoms with E-state index in [4.69, 9.17) is 16.0 Å². The van der Waals surface area contributed by atoms with Crippen LogP contribution in [0.1, 0.15) is 81.3 Å². The normalized spacial score (nSPS) is 24.3. The van der Waals surface area contributed by atoms with E-state index in [-0.39, 0.29) is 23.5 Å². The number of hydrogen-bond acceptors (Lipinski definition) is 5. The van der Waals surface area contributed by atoms with Crippen molar-refractivity contribution < 1.29 is 14.3 Å². The van der Waals surface area contributed by atoms with Crippen LogP contribution in [0.25, 0.3) is 11.0 Å². The molecule has 1 spiro atoms. The number of rotatable bonds is 4. The monoisotopic (exact) mass is 485 g/mol. The zero-order valence-corrected chi connectivity index (χ0v) is 21.1. The molecule has 184 valence electrons. The van der Waals surface area contributed by atoms with Crippen LogP contribution in [0.15, 0.2) is 28.9 Å². The zero-order chi connectivity index (χ0) is 24.1. The number of fused-ring (bicyclic) bond motifs is 4.